The van der Waals surface area contributed by atoms with Crippen LogP contribution in [0.2, 0.25) is 0 Å². The molecule has 2 atom stereocenters. The number of rotatable bonds is 4. The molecule has 0 aromatic rings. The Morgan fingerprint density at radius 3 is 2.70 bits per heavy atom. The van der Waals surface area contributed by atoms with Crippen LogP contribution in [0.1, 0.15) is 45.4 Å². The molecule has 2 saturated carbocycles. The van der Waals surface area contributed by atoms with Crippen molar-refractivity contribution in [3.05, 3.63) is 0 Å². The summed E-state index contributed by atoms with van der Waals surface area (Å²) in [5.74, 6) is 0.833. The van der Waals surface area contributed by atoms with Crippen LogP contribution in [0.15, 0.2) is 4.99 Å². The summed E-state index contributed by atoms with van der Waals surface area (Å²) in [6.45, 7) is 4.06. The molecule has 3 fully saturated rings. The van der Waals surface area contributed by atoms with Crippen LogP contribution in [0.25, 0.3) is 0 Å². The summed E-state index contributed by atoms with van der Waals surface area (Å²) in [7, 11) is 1.80. The molecule has 1 aliphatic heterocycles. The Morgan fingerprint density at radius 2 is 2.15 bits per heavy atom. The van der Waals surface area contributed by atoms with Crippen molar-refractivity contribution in [2.24, 2.45) is 4.99 Å². The predicted octanol–water partition coefficient (Wildman–Crippen LogP) is 0.692. The van der Waals surface area contributed by atoms with Gasteiger partial charge in [-0.3, -0.25) is 9.89 Å². The number of guanidine groups is 1. The Balaban J connectivity index is 1.46. The van der Waals surface area contributed by atoms with Gasteiger partial charge in [-0.05, 0) is 45.4 Å². The van der Waals surface area contributed by atoms with Crippen LogP contribution < -0.4 is 10.6 Å². The van der Waals surface area contributed by atoms with Crippen LogP contribution in [-0.4, -0.2) is 59.8 Å². The largest absolute Gasteiger partial charge is 0.388 e. The molecule has 3 rings (SSSR count). The van der Waals surface area contributed by atoms with Gasteiger partial charge in [0.25, 0.3) is 0 Å². The standard InChI is InChI=1S/C15H28N4O/c1-11-8-12(9-19(11)13-4-5-13)18-14(16-2)17-10-15(20)6-3-7-15/h11-13,20H,3-10H2,1-2H3,(H2,16,17,18). The van der Waals surface area contributed by atoms with Crippen LogP contribution in [0, 0.1) is 0 Å². The van der Waals surface area contributed by atoms with Gasteiger partial charge in [-0.25, -0.2) is 0 Å². The lowest BCUT2D eigenvalue weighted by Crippen LogP contribution is -2.52. The molecule has 0 bridgehead atoms. The summed E-state index contributed by atoms with van der Waals surface area (Å²) in [6.07, 6.45) is 6.89. The third-order valence-electron chi connectivity index (χ3n) is 5.07. The molecule has 3 aliphatic rings. The average Bonchev–Trinajstić information content (AvgIpc) is 3.17. The van der Waals surface area contributed by atoms with E-state index < -0.39 is 5.60 Å². The first kappa shape index (κ1) is 14.1. The highest BCUT2D eigenvalue weighted by Crippen LogP contribution is 2.33. The SMILES string of the molecule is CN=C(NCC1(O)CCC1)NC1CC(C)N(C2CC2)C1. The summed E-state index contributed by atoms with van der Waals surface area (Å²) >= 11 is 0. The fourth-order valence-corrected chi connectivity index (χ4v) is 3.47. The van der Waals surface area contributed by atoms with E-state index in [-0.39, 0.29) is 0 Å². The van der Waals surface area contributed by atoms with Crippen molar-refractivity contribution >= 4 is 5.96 Å². The summed E-state index contributed by atoms with van der Waals surface area (Å²) < 4.78 is 0. The maximum absolute atomic E-state index is 10.1. The second-order valence-electron chi connectivity index (χ2n) is 6.86. The van der Waals surface area contributed by atoms with E-state index in [0.717, 1.165) is 37.8 Å². The van der Waals surface area contributed by atoms with E-state index in [1.165, 1.54) is 19.3 Å². The highest BCUT2D eigenvalue weighted by Gasteiger charge is 2.39. The van der Waals surface area contributed by atoms with Gasteiger partial charge in [-0.1, -0.05) is 0 Å². The van der Waals surface area contributed by atoms with Gasteiger partial charge in [0, 0.05) is 38.3 Å². The summed E-state index contributed by atoms with van der Waals surface area (Å²) in [5, 5.41) is 16.9. The minimum atomic E-state index is -0.499. The number of hydrogen-bond donors (Lipinski definition) is 3. The van der Waals surface area contributed by atoms with E-state index in [2.05, 4.69) is 27.4 Å². The number of nitrogens with one attached hydrogen (secondary N) is 2. The third-order valence-corrected chi connectivity index (χ3v) is 5.07. The number of nitrogens with zero attached hydrogens (tertiary/aromatic N) is 2. The fraction of sp³-hybridized carbons (Fsp3) is 0.933. The second-order valence-corrected chi connectivity index (χ2v) is 6.86. The van der Waals surface area contributed by atoms with Crippen molar-refractivity contribution in [3.63, 3.8) is 0 Å². The van der Waals surface area contributed by atoms with Crippen LogP contribution >= 0.6 is 0 Å². The van der Waals surface area contributed by atoms with Crippen molar-refractivity contribution in [1.82, 2.24) is 15.5 Å². The summed E-state index contributed by atoms with van der Waals surface area (Å²) in [4.78, 5) is 6.92. The van der Waals surface area contributed by atoms with Gasteiger partial charge < -0.3 is 15.7 Å². The van der Waals surface area contributed by atoms with Crippen LogP contribution in [-0.2, 0) is 0 Å². The number of hydrogen-bond acceptors (Lipinski definition) is 3. The van der Waals surface area contributed by atoms with E-state index in [4.69, 9.17) is 0 Å². The smallest absolute Gasteiger partial charge is 0.191 e. The Kier molecular flexibility index (Phi) is 3.91. The predicted molar refractivity (Wildman–Crippen MR) is 80.9 cm³/mol. The first-order valence-corrected chi connectivity index (χ1v) is 8.05. The first-order chi connectivity index (χ1) is 9.59. The molecule has 2 aliphatic carbocycles. The Hall–Kier alpha value is -0.810. The lowest BCUT2D eigenvalue weighted by molar-refractivity contribution is -0.0279. The van der Waals surface area contributed by atoms with Crippen molar-refractivity contribution in [2.75, 3.05) is 20.1 Å². The molecule has 114 valence electrons. The molecule has 5 nitrogen and oxygen atoms in total. The molecule has 1 saturated heterocycles. The van der Waals surface area contributed by atoms with Gasteiger partial charge in [0.05, 0.1) is 5.60 Å². The zero-order valence-electron chi connectivity index (χ0n) is 12.7. The minimum Gasteiger partial charge on any atom is -0.388 e. The highest BCUT2D eigenvalue weighted by molar-refractivity contribution is 5.80. The molecular formula is C15H28N4O. The average molecular weight is 280 g/mol. The van der Waals surface area contributed by atoms with Gasteiger partial charge in [0.2, 0.25) is 0 Å². The summed E-state index contributed by atoms with van der Waals surface area (Å²) in [5.41, 5.74) is -0.499. The number of aliphatic hydroxyl groups is 1. The van der Waals surface area contributed by atoms with Crippen LogP contribution in [0.4, 0.5) is 0 Å². The van der Waals surface area contributed by atoms with E-state index >= 15 is 0 Å². The maximum atomic E-state index is 10.1. The van der Waals surface area contributed by atoms with Gasteiger partial charge in [-0.15, -0.1) is 0 Å². The van der Waals surface area contributed by atoms with Gasteiger partial charge in [-0.2, -0.15) is 0 Å². The van der Waals surface area contributed by atoms with E-state index in [0.29, 0.717) is 18.6 Å². The van der Waals surface area contributed by atoms with Crippen molar-refractivity contribution in [1.29, 1.82) is 0 Å². The Bertz CT molecular complexity index is 376. The Morgan fingerprint density at radius 1 is 1.40 bits per heavy atom. The van der Waals surface area contributed by atoms with Gasteiger partial charge >= 0.3 is 0 Å². The normalized spacial score (nSPS) is 33.9. The molecule has 5 heteroatoms. The van der Waals surface area contributed by atoms with E-state index in [1.54, 1.807) is 7.05 Å². The Labute approximate surface area is 121 Å². The van der Waals surface area contributed by atoms with Crippen molar-refractivity contribution in [2.45, 2.75) is 69.2 Å². The molecule has 0 aromatic carbocycles. The van der Waals surface area contributed by atoms with Crippen LogP contribution in [0.5, 0.6) is 0 Å². The van der Waals surface area contributed by atoms with Crippen molar-refractivity contribution < 1.29 is 5.11 Å². The number of likely N-dealkylation sites (tertiary alicyclic amines) is 1. The third kappa shape index (κ3) is 3.09. The first-order valence-electron chi connectivity index (χ1n) is 8.05. The molecule has 0 spiro atoms. The zero-order chi connectivity index (χ0) is 14.2. The quantitative estimate of drug-likeness (QED) is 0.524. The molecular weight excluding hydrogens is 252 g/mol. The molecule has 0 amide bonds. The maximum Gasteiger partial charge on any atom is 0.191 e. The monoisotopic (exact) mass is 280 g/mol. The lowest BCUT2D eigenvalue weighted by Gasteiger charge is -2.37. The molecule has 0 aromatic heterocycles. The summed E-state index contributed by atoms with van der Waals surface area (Å²) in [6, 6.07) is 1.99. The molecule has 0 radical (unpaired) electrons. The lowest BCUT2D eigenvalue weighted by atomic mass is 9.80. The fourth-order valence-electron chi connectivity index (χ4n) is 3.47. The van der Waals surface area contributed by atoms with E-state index in [1.807, 2.05) is 0 Å². The van der Waals surface area contributed by atoms with Gasteiger partial charge in [0.1, 0.15) is 0 Å². The molecule has 1 heterocycles. The second kappa shape index (κ2) is 5.53. The van der Waals surface area contributed by atoms with Crippen molar-refractivity contribution in [3.8, 4) is 0 Å². The highest BCUT2D eigenvalue weighted by atomic mass is 16.3. The minimum absolute atomic E-state index is 0.479. The molecule has 3 N–H and O–H groups in total. The zero-order valence-corrected chi connectivity index (χ0v) is 12.7. The molecule has 20 heavy (non-hydrogen) atoms. The topological polar surface area (TPSA) is 59.9 Å². The van der Waals surface area contributed by atoms with Crippen LogP contribution in [0.3, 0.4) is 0 Å². The van der Waals surface area contributed by atoms with Gasteiger partial charge in [0.15, 0.2) is 5.96 Å². The van der Waals surface area contributed by atoms with E-state index in [9.17, 15) is 5.11 Å². The number of aliphatic imine (C=N–C) groups is 1. The molecule has 2 unspecified atom stereocenters.